The summed E-state index contributed by atoms with van der Waals surface area (Å²) in [6.45, 7) is 2.25. The molecule has 0 radical (unpaired) electrons. The topological polar surface area (TPSA) is 48.0 Å². The van der Waals surface area contributed by atoms with E-state index in [0.717, 1.165) is 11.1 Å². The molecule has 0 aliphatic rings. The minimum atomic E-state index is -0.176. The van der Waals surface area contributed by atoms with E-state index in [1.807, 2.05) is 31.2 Å². The van der Waals surface area contributed by atoms with Crippen LogP contribution in [0, 0.1) is 6.92 Å². The van der Waals surface area contributed by atoms with Gasteiger partial charge >= 0.3 is 0 Å². The number of aromatic nitrogens is 1. The van der Waals surface area contributed by atoms with Crippen molar-refractivity contribution in [3.05, 3.63) is 63.0 Å². The number of aryl methyl sites for hydroxylation is 1. The summed E-state index contributed by atoms with van der Waals surface area (Å²) in [5.41, 5.74) is 7.52. The van der Waals surface area contributed by atoms with Crippen LogP contribution in [0.25, 0.3) is 0 Å². The molecule has 0 aliphatic carbocycles. The number of halogens is 1. The Morgan fingerprint density at radius 1 is 1.29 bits per heavy atom. The van der Waals surface area contributed by atoms with Gasteiger partial charge in [-0.15, -0.1) is 0 Å². The maximum Gasteiger partial charge on any atom is 0.274 e. The molecular weight excluding hydrogens is 236 g/mol. The monoisotopic (exact) mass is 248 g/mol. The van der Waals surface area contributed by atoms with E-state index in [1.54, 1.807) is 16.8 Å². The van der Waals surface area contributed by atoms with Gasteiger partial charge in [-0.3, -0.25) is 4.79 Å². The van der Waals surface area contributed by atoms with Crippen LogP contribution >= 0.6 is 11.6 Å². The van der Waals surface area contributed by atoms with Crippen molar-refractivity contribution < 1.29 is 0 Å². The highest BCUT2D eigenvalue weighted by atomic mass is 35.5. The largest absolute Gasteiger partial charge is 0.394 e. The summed E-state index contributed by atoms with van der Waals surface area (Å²) in [6.07, 6.45) is 1.73. The molecule has 17 heavy (non-hydrogen) atoms. The van der Waals surface area contributed by atoms with Crippen LogP contribution in [-0.2, 0) is 6.54 Å². The van der Waals surface area contributed by atoms with Crippen molar-refractivity contribution in [2.45, 2.75) is 13.5 Å². The average molecular weight is 249 g/mol. The zero-order valence-electron chi connectivity index (χ0n) is 9.48. The molecule has 0 saturated heterocycles. The van der Waals surface area contributed by atoms with Gasteiger partial charge in [0.05, 0.1) is 6.54 Å². The molecule has 4 heteroatoms. The third-order valence-electron chi connectivity index (χ3n) is 2.72. The number of anilines is 1. The van der Waals surface area contributed by atoms with E-state index < -0.39 is 0 Å². The molecule has 1 heterocycles. The van der Waals surface area contributed by atoms with Crippen LogP contribution < -0.4 is 11.3 Å². The average Bonchev–Trinajstić information content (AvgIpc) is 2.32. The van der Waals surface area contributed by atoms with Gasteiger partial charge in [0.1, 0.15) is 5.69 Å². The Balaban J connectivity index is 2.41. The van der Waals surface area contributed by atoms with Crippen molar-refractivity contribution in [1.82, 2.24) is 4.57 Å². The van der Waals surface area contributed by atoms with E-state index in [2.05, 4.69) is 0 Å². The smallest absolute Gasteiger partial charge is 0.274 e. The number of nitrogens with zero attached hydrogens (tertiary/aromatic N) is 1. The molecule has 1 aromatic heterocycles. The van der Waals surface area contributed by atoms with Crippen molar-refractivity contribution >= 4 is 17.3 Å². The predicted molar refractivity (Wildman–Crippen MR) is 70.4 cm³/mol. The molecule has 2 rings (SSSR count). The first kappa shape index (κ1) is 11.7. The van der Waals surface area contributed by atoms with Crippen molar-refractivity contribution in [2.24, 2.45) is 0 Å². The molecule has 2 N–H and O–H groups in total. The lowest BCUT2D eigenvalue weighted by atomic mass is 10.2. The van der Waals surface area contributed by atoms with E-state index in [9.17, 15) is 4.79 Å². The summed E-state index contributed by atoms with van der Waals surface area (Å²) in [5.74, 6) is 0. The zero-order valence-corrected chi connectivity index (χ0v) is 10.2. The highest BCUT2D eigenvalue weighted by Gasteiger charge is 2.05. The van der Waals surface area contributed by atoms with Crippen molar-refractivity contribution in [3.63, 3.8) is 0 Å². The second kappa shape index (κ2) is 4.63. The van der Waals surface area contributed by atoms with Crippen molar-refractivity contribution in [1.29, 1.82) is 0 Å². The summed E-state index contributed by atoms with van der Waals surface area (Å²) in [4.78, 5) is 11.9. The third-order valence-corrected chi connectivity index (χ3v) is 3.09. The fourth-order valence-electron chi connectivity index (χ4n) is 1.62. The van der Waals surface area contributed by atoms with Crippen LogP contribution in [0.1, 0.15) is 11.1 Å². The van der Waals surface area contributed by atoms with E-state index in [4.69, 9.17) is 17.3 Å². The zero-order chi connectivity index (χ0) is 12.4. The van der Waals surface area contributed by atoms with Crippen molar-refractivity contribution in [2.75, 3.05) is 5.73 Å². The fraction of sp³-hybridized carbons (Fsp3) is 0.154. The Morgan fingerprint density at radius 3 is 2.71 bits per heavy atom. The van der Waals surface area contributed by atoms with Gasteiger partial charge in [0, 0.05) is 11.2 Å². The van der Waals surface area contributed by atoms with Crippen LogP contribution in [0.4, 0.5) is 5.69 Å². The third kappa shape index (κ3) is 2.34. The quantitative estimate of drug-likeness (QED) is 0.888. The highest BCUT2D eigenvalue weighted by molar-refractivity contribution is 6.31. The van der Waals surface area contributed by atoms with E-state index >= 15 is 0 Å². The molecule has 2 aromatic rings. The van der Waals surface area contributed by atoms with Gasteiger partial charge in [-0.2, -0.15) is 0 Å². The van der Waals surface area contributed by atoms with Gasteiger partial charge < -0.3 is 10.3 Å². The Kier molecular flexibility index (Phi) is 3.20. The molecule has 0 fully saturated rings. The van der Waals surface area contributed by atoms with Gasteiger partial charge in [-0.05, 0) is 30.2 Å². The van der Waals surface area contributed by atoms with Gasteiger partial charge in [0.15, 0.2) is 0 Å². The molecule has 0 saturated carbocycles. The van der Waals surface area contributed by atoms with E-state index in [0.29, 0.717) is 17.3 Å². The number of nitrogen functional groups attached to an aromatic ring is 1. The maximum atomic E-state index is 11.9. The molecule has 0 unspecified atom stereocenters. The molecule has 3 nitrogen and oxygen atoms in total. The Labute approximate surface area is 104 Å². The normalized spacial score (nSPS) is 10.5. The predicted octanol–water partition coefficient (Wildman–Crippen LogP) is 2.44. The summed E-state index contributed by atoms with van der Waals surface area (Å²) >= 11 is 6.05. The SMILES string of the molecule is Cc1ccn(Cc2ccccc2Cl)c(=O)c1N. The lowest BCUT2D eigenvalue weighted by Crippen LogP contribution is -2.23. The minimum absolute atomic E-state index is 0.176. The van der Waals surface area contributed by atoms with Gasteiger partial charge in [0.2, 0.25) is 0 Å². The number of benzene rings is 1. The molecule has 0 amide bonds. The minimum Gasteiger partial charge on any atom is -0.394 e. The summed E-state index contributed by atoms with van der Waals surface area (Å²) < 4.78 is 1.56. The number of nitrogens with two attached hydrogens (primary N) is 1. The number of pyridine rings is 1. The summed E-state index contributed by atoms with van der Waals surface area (Å²) in [6, 6.07) is 9.28. The molecule has 1 aromatic carbocycles. The molecule has 0 atom stereocenters. The van der Waals surface area contributed by atoms with E-state index in [1.165, 1.54) is 0 Å². The van der Waals surface area contributed by atoms with E-state index in [-0.39, 0.29) is 5.56 Å². The van der Waals surface area contributed by atoms with Crippen LogP contribution in [0.15, 0.2) is 41.3 Å². The Hall–Kier alpha value is -1.74. The summed E-state index contributed by atoms with van der Waals surface area (Å²) in [7, 11) is 0. The highest BCUT2D eigenvalue weighted by Crippen LogP contribution is 2.15. The first-order chi connectivity index (χ1) is 8.09. The first-order valence-corrected chi connectivity index (χ1v) is 5.66. The molecule has 88 valence electrons. The number of hydrogen-bond donors (Lipinski definition) is 1. The molecular formula is C13H13ClN2O. The van der Waals surface area contributed by atoms with Crippen LogP contribution in [0.5, 0.6) is 0 Å². The lowest BCUT2D eigenvalue weighted by Gasteiger charge is -2.09. The molecule has 0 aliphatic heterocycles. The standard InChI is InChI=1S/C13H13ClN2O/c1-9-6-7-16(13(17)12(9)15)8-10-4-2-3-5-11(10)14/h2-7H,8,15H2,1H3. The van der Waals surface area contributed by atoms with Gasteiger partial charge in [-0.1, -0.05) is 29.8 Å². The van der Waals surface area contributed by atoms with Crippen molar-refractivity contribution in [3.8, 4) is 0 Å². The summed E-state index contributed by atoms with van der Waals surface area (Å²) in [5, 5.41) is 0.651. The molecule has 0 spiro atoms. The lowest BCUT2D eigenvalue weighted by molar-refractivity contribution is 0.760. The Morgan fingerprint density at radius 2 is 2.00 bits per heavy atom. The Bertz CT molecular complexity index is 605. The number of hydrogen-bond acceptors (Lipinski definition) is 2. The first-order valence-electron chi connectivity index (χ1n) is 5.28. The fourth-order valence-corrected chi connectivity index (χ4v) is 1.81. The van der Waals surface area contributed by atoms with Crippen LogP contribution in [0.2, 0.25) is 5.02 Å². The second-order valence-corrected chi connectivity index (χ2v) is 4.34. The van der Waals surface area contributed by atoms with Gasteiger partial charge in [0.25, 0.3) is 5.56 Å². The second-order valence-electron chi connectivity index (χ2n) is 3.94. The maximum absolute atomic E-state index is 11.9. The van der Waals surface area contributed by atoms with Crippen LogP contribution in [-0.4, -0.2) is 4.57 Å². The molecule has 0 bridgehead atoms. The van der Waals surface area contributed by atoms with Gasteiger partial charge in [-0.25, -0.2) is 0 Å². The van der Waals surface area contributed by atoms with Crippen LogP contribution in [0.3, 0.4) is 0 Å². The number of rotatable bonds is 2.